The number of anilines is 1. The van der Waals surface area contributed by atoms with Crippen LogP contribution < -0.4 is 15.8 Å². The molecule has 1 aromatic heterocycles. The third kappa shape index (κ3) is 6.08. The predicted molar refractivity (Wildman–Crippen MR) is 116 cm³/mol. The van der Waals surface area contributed by atoms with Gasteiger partial charge in [-0.1, -0.05) is 39.8 Å². The first-order valence-corrected chi connectivity index (χ1v) is 10.8. The molecule has 0 aliphatic heterocycles. The van der Waals surface area contributed by atoms with Crippen molar-refractivity contribution in [1.29, 1.82) is 0 Å². The van der Waals surface area contributed by atoms with Crippen LogP contribution in [0.15, 0.2) is 63.4 Å². The molecule has 0 aliphatic carbocycles. The first-order valence-electron chi connectivity index (χ1n) is 8.15. The number of ether oxygens (including phenoxy) is 1. The summed E-state index contributed by atoms with van der Waals surface area (Å²) >= 11 is 6.35. The molecule has 144 valence electrons. The summed E-state index contributed by atoms with van der Waals surface area (Å²) in [6.45, 7) is -0.182. The number of nitrogens with one attached hydrogen (secondary N) is 1. The highest BCUT2D eigenvalue weighted by atomic mass is 79.9. The van der Waals surface area contributed by atoms with Crippen LogP contribution in [0.5, 0.6) is 5.75 Å². The summed E-state index contributed by atoms with van der Waals surface area (Å²) in [5, 5.41) is 6.49. The highest BCUT2D eigenvalue weighted by molar-refractivity contribution is 9.10. The summed E-state index contributed by atoms with van der Waals surface area (Å²) in [4.78, 5) is 27.4. The maximum absolute atomic E-state index is 12.1. The Balaban J connectivity index is 1.49. The summed E-state index contributed by atoms with van der Waals surface area (Å²) < 4.78 is 6.20. The molecule has 1 heterocycles. The number of hydrogen-bond donors (Lipinski definition) is 2. The second-order valence-electron chi connectivity index (χ2n) is 5.61. The van der Waals surface area contributed by atoms with E-state index < -0.39 is 5.91 Å². The highest BCUT2D eigenvalue weighted by Crippen LogP contribution is 2.29. The first kappa shape index (κ1) is 20.4. The number of amides is 2. The van der Waals surface area contributed by atoms with E-state index in [9.17, 15) is 9.59 Å². The number of carbonyl (C=O) groups is 2. The summed E-state index contributed by atoms with van der Waals surface area (Å²) in [5.74, 6) is 0.0894. The molecule has 0 saturated heterocycles. The van der Waals surface area contributed by atoms with E-state index in [1.807, 2.05) is 29.6 Å². The molecule has 3 aromatic rings. The van der Waals surface area contributed by atoms with Gasteiger partial charge in [0.05, 0.1) is 5.75 Å². The Bertz CT molecular complexity index is 959. The van der Waals surface area contributed by atoms with E-state index in [0.29, 0.717) is 11.4 Å². The molecule has 0 unspecified atom stereocenters. The zero-order chi connectivity index (χ0) is 19.9. The van der Waals surface area contributed by atoms with Crippen molar-refractivity contribution in [2.45, 2.75) is 5.03 Å². The average Bonchev–Trinajstić information content (AvgIpc) is 3.15. The maximum atomic E-state index is 12.1. The normalized spacial score (nSPS) is 10.5. The Morgan fingerprint density at radius 1 is 1.14 bits per heavy atom. The van der Waals surface area contributed by atoms with E-state index in [0.717, 1.165) is 20.1 Å². The second kappa shape index (κ2) is 9.72. The number of halogens is 1. The Morgan fingerprint density at radius 2 is 1.86 bits per heavy atom. The van der Waals surface area contributed by atoms with Gasteiger partial charge < -0.3 is 15.8 Å². The SMILES string of the molecule is NC(=O)COc1ccc(NC(=O)CSc2csc(-c3ccc(Br)cc3)n2)cc1. The van der Waals surface area contributed by atoms with Crippen molar-refractivity contribution < 1.29 is 14.3 Å². The van der Waals surface area contributed by atoms with Crippen LogP contribution in [0.1, 0.15) is 0 Å². The Morgan fingerprint density at radius 3 is 2.54 bits per heavy atom. The van der Waals surface area contributed by atoms with Gasteiger partial charge in [0, 0.05) is 21.1 Å². The van der Waals surface area contributed by atoms with Crippen LogP contribution in [0.2, 0.25) is 0 Å². The van der Waals surface area contributed by atoms with Crippen molar-refractivity contribution in [2.75, 3.05) is 17.7 Å². The number of primary amides is 1. The molecule has 6 nitrogen and oxygen atoms in total. The molecular weight excluding hydrogens is 462 g/mol. The number of aromatic nitrogens is 1. The Labute approximate surface area is 178 Å². The molecular formula is C19H16BrN3O3S2. The minimum atomic E-state index is -0.542. The van der Waals surface area contributed by atoms with Gasteiger partial charge in [-0.05, 0) is 36.4 Å². The zero-order valence-electron chi connectivity index (χ0n) is 14.6. The van der Waals surface area contributed by atoms with E-state index in [1.165, 1.54) is 11.8 Å². The van der Waals surface area contributed by atoms with E-state index in [2.05, 4.69) is 26.2 Å². The summed E-state index contributed by atoms with van der Waals surface area (Å²) in [6, 6.07) is 14.7. The van der Waals surface area contributed by atoms with Crippen molar-refractivity contribution in [3.63, 3.8) is 0 Å². The Kier molecular flexibility index (Phi) is 7.07. The summed E-state index contributed by atoms with van der Waals surface area (Å²) in [5.41, 5.74) is 6.72. The number of thiazole rings is 1. The van der Waals surface area contributed by atoms with Crippen LogP contribution in [0.4, 0.5) is 5.69 Å². The molecule has 28 heavy (non-hydrogen) atoms. The fourth-order valence-electron chi connectivity index (χ4n) is 2.18. The highest BCUT2D eigenvalue weighted by Gasteiger charge is 2.09. The van der Waals surface area contributed by atoms with E-state index in [1.54, 1.807) is 35.6 Å². The van der Waals surface area contributed by atoms with Gasteiger partial charge in [-0.3, -0.25) is 9.59 Å². The van der Waals surface area contributed by atoms with Gasteiger partial charge in [0.15, 0.2) is 6.61 Å². The number of nitrogens with two attached hydrogens (primary N) is 1. The number of nitrogens with zero attached hydrogens (tertiary/aromatic N) is 1. The number of carbonyl (C=O) groups excluding carboxylic acids is 2. The fourth-order valence-corrected chi connectivity index (χ4v) is 4.11. The molecule has 0 bridgehead atoms. The maximum Gasteiger partial charge on any atom is 0.255 e. The molecule has 0 spiro atoms. The van der Waals surface area contributed by atoms with Crippen molar-refractivity contribution >= 4 is 56.5 Å². The van der Waals surface area contributed by atoms with E-state index >= 15 is 0 Å². The quantitative estimate of drug-likeness (QED) is 0.474. The number of thioether (sulfide) groups is 1. The standard InChI is InChI=1S/C19H16BrN3O3S2/c20-13-3-1-12(2-4-13)19-23-18(11-28-19)27-10-17(25)22-14-5-7-15(8-6-14)26-9-16(21)24/h1-8,11H,9-10H2,(H2,21,24)(H,22,25). The lowest BCUT2D eigenvalue weighted by Crippen LogP contribution is -2.20. The molecule has 2 amide bonds. The molecule has 2 aromatic carbocycles. The molecule has 3 rings (SSSR count). The van der Waals surface area contributed by atoms with Gasteiger partial charge >= 0.3 is 0 Å². The van der Waals surface area contributed by atoms with Gasteiger partial charge in [0.2, 0.25) is 5.91 Å². The van der Waals surface area contributed by atoms with E-state index in [4.69, 9.17) is 10.5 Å². The van der Waals surface area contributed by atoms with Crippen molar-refractivity contribution in [3.8, 4) is 16.3 Å². The monoisotopic (exact) mass is 477 g/mol. The molecule has 0 fully saturated rings. The van der Waals surface area contributed by atoms with Crippen LogP contribution in [-0.2, 0) is 9.59 Å². The topological polar surface area (TPSA) is 94.3 Å². The van der Waals surface area contributed by atoms with Gasteiger partial charge in [0.25, 0.3) is 5.91 Å². The molecule has 0 radical (unpaired) electrons. The van der Waals surface area contributed by atoms with Crippen molar-refractivity contribution in [1.82, 2.24) is 4.98 Å². The predicted octanol–water partition coefficient (Wildman–Crippen LogP) is 4.17. The molecule has 0 saturated carbocycles. The fraction of sp³-hybridized carbons (Fsp3) is 0.105. The van der Waals surface area contributed by atoms with Crippen molar-refractivity contribution in [3.05, 3.63) is 58.4 Å². The molecule has 3 N–H and O–H groups in total. The third-order valence-corrected chi connectivity index (χ3v) is 5.93. The number of hydrogen-bond acceptors (Lipinski definition) is 6. The zero-order valence-corrected chi connectivity index (χ0v) is 17.8. The first-order chi connectivity index (χ1) is 13.5. The average molecular weight is 478 g/mol. The lowest BCUT2D eigenvalue weighted by atomic mass is 10.2. The lowest BCUT2D eigenvalue weighted by Gasteiger charge is -2.07. The van der Waals surface area contributed by atoms with Crippen LogP contribution >= 0.6 is 39.0 Å². The minimum absolute atomic E-state index is 0.131. The number of rotatable bonds is 8. The molecule has 0 aliphatic rings. The molecule has 0 atom stereocenters. The largest absolute Gasteiger partial charge is 0.484 e. The lowest BCUT2D eigenvalue weighted by molar-refractivity contribution is -0.120. The summed E-state index contributed by atoms with van der Waals surface area (Å²) in [7, 11) is 0. The smallest absolute Gasteiger partial charge is 0.255 e. The molecule has 9 heteroatoms. The van der Waals surface area contributed by atoms with Crippen molar-refractivity contribution in [2.24, 2.45) is 5.73 Å². The van der Waals surface area contributed by atoms with Crippen LogP contribution in [0.3, 0.4) is 0 Å². The van der Waals surface area contributed by atoms with Crippen LogP contribution in [0, 0.1) is 0 Å². The minimum Gasteiger partial charge on any atom is -0.484 e. The van der Waals surface area contributed by atoms with E-state index in [-0.39, 0.29) is 18.3 Å². The van der Waals surface area contributed by atoms with Gasteiger partial charge in [-0.25, -0.2) is 4.98 Å². The summed E-state index contributed by atoms with van der Waals surface area (Å²) in [6.07, 6.45) is 0. The Hall–Kier alpha value is -2.36. The second-order valence-corrected chi connectivity index (χ2v) is 8.38. The number of benzene rings is 2. The third-order valence-electron chi connectivity index (χ3n) is 3.44. The van der Waals surface area contributed by atoms with Gasteiger partial charge in [0.1, 0.15) is 15.8 Å². The van der Waals surface area contributed by atoms with Gasteiger partial charge in [-0.15, -0.1) is 11.3 Å². The van der Waals surface area contributed by atoms with Gasteiger partial charge in [-0.2, -0.15) is 0 Å². The van der Waals surface area contributed by atoms with Crippen LogP contribution in [-0.4, -0.2) is 29.2 Å². The van der Waals surface area contributed by atoms with Crippen LogP contribution in [0.25, 0.3) is 10.6 Å².